The first-order chi connectivity index (χ1) is 13.0. The Bertz CT molecular complexity index is 1150. The van der Waals surface area contributed by atoms with E-state index >= 15 is 0 Å². The summed E-state index contributed by atoms with van der Waals surface area (Å²) in [4.78, 5) is 21.8. The molecule has 9 heteroatoms. The van der Waals surface area contributed by atoms with Gasteiger partial charge >= 0.3 is 0 Å². The normalized spacial score (nSPS) is 10.9. The maximum Gasteiger partial charge on any atom is 0.267 e. The lowest BCUT2D eigenvalue weighted by atomic mass is 10.1. The van der Waals surface area contributed by atoms with Crippen molar-refractivity contribution in [2.45, 2.75) is 13.8 Å². The minimum atomic E-state index is -0.223. The fourth-order valence-electron chi connectivity index (χ4n) is 2.66. The summed E-state index contributed by atoms with van der Waals surface area (Å²) in [6.07, 6.45) is 3.24. The van der Waals surface area contributed by atoms with Gasteiger partial charge in [-0.15, -0.1) is 0 Å². The predicted octanol–water partition coefficient (Wildman–Crippen LogP) is 3.61. The van der Waals surface area contributed by atoms with E-state index in [1.807, 2.05) is 26.0 Å². The molecular weight excluding hydrogens is 362 g/mol. The van der Waals surface area contributed by atoms with Crippen LogP contribution in [0.3, 0.4) is 0 Å². The molecule has 4 rings (SSSR count). The van der Waals surface area contributed by atoms with Crippen LogP contribution in [0.15, 0.2) is 36.7 Å². The van der Waals surface area contributed by atoms with E-state index in [-0.39, 0.29) is 5.91 Å². The van der Waals surface area contributed by atoms with Crippen LogP contribution in [0.5, 0.6) is 0 Å². The van der Waals surface area contributed by atoms with Crippen molar-refractivity contribution in [3.63, 3.8) is 0 Å². The van der Waals surface area contributed by atoms with Crippen molar-refractivity contribution >= 4 is 50.5 Å². The van der Waals surface area contributed by atoms with Gasteiger partial charge in [-0.1, -0.05) is 17.4 Å². The smallest absolute Gasteiger partial charge is 0.267 e. The lowest BCUT2D eigenvalue weighted by Gasteiger charge is -2.08. The first-order valence-electron chi connectivity index (χ1n) is 8.21. The van der Waals surface area contributed by atoms with E-state index in [0.717, 1.165) is 27.8 Å². The van der Waals surface area contributed by atoms with E-state index in [4.69, 9.17) is 5.73 Å². The molecule has 3 aromatic heterocycles. The molecule has 1 aromatic carbocycles. The third-order valence-electron chi connectivity index (χ3n) is 4.16. The van der Waals surface area contributed by atoms with Crippen LogP contribution in [-0.4, -0.2) is 26.1 Å². The zero-order valence-electron chi connectivity index (χ0n) is 14.7. The van der Waals surface area contributed by atoms with Gasteiger partial charge in [0.1, 0.15) is 10.7 Å². The number of nitrogens with zero attached hydrogens (tertiary/aromatic N) is 3. The second-order valence-electron chi connectivity index (χ2n) is 6.07. The molecule has 0 radical (unpaired) electrons. The molecule has 0 spiro atoms. The van der Waals surface area contributed by atoms with Gasteiger partial charge in [0.25, 0.3) is 5.91 Å². The number of thiazole rings is 1. The number of hydrogen-bond acceptors (Lipinski definition) is 7. The zero-order chi connectivity index (χ0) is 19.0. The molecule has 0 aliphatic rings. The summed E-state index contributed by atoms with van der Waals surface area (Å²) in [5.41, 5.74) is 9.71. The maximum atomic E-state index is 12.7. The third kappa shape index (κ3) is 3.32. The van der Waals surface area contributed by atoms with E-state index in [1.54, 1.807) is 18.3 Å². The Morgan fingerprint density at radius 2 is 2.04 bits per heavy atom. The van der Waals surface area contributed by atoms with Gasteiger partial charge in [-0.3, -0.25) is 9.89 Å². The number of rotatable bonds is 4. The lowest BCUT2D eigenvalue weighted by molar-refractivity contribution is 0.103. The largest absolute Gasteiger partial charge is 0.397 e. The Labute approximate surface area is 158 Å². The summed E-state index contributed by atoms with van der Waals surface area (Å²) in [5.74, 6) is 0.404. The van der Waals surface area contributed by atoms with Crippen molar-refractivity contribution in [2.75, 3.05) is 16.4 Å². The topological polar surface area (TPSA) is 122 Å². The molecule has 0 unspecified atom stereocenters. The zero-order valence-corrected chi connectivity index (χ0v) is 15.5. The monoisotopic (exact) mass is 379 g/mol. The van der Waals surface area contributed by atoms with Gasteiger partial charge in [-0.2, -0.15) is 5.10 Å². The standard InChI is InChI=1S/C18H17N7OS/c1-9-3-5-13-11(7-21-25-13)16(9)24-17(26)14-8-20-18(27-14)23-15-6-4-12(19)10(2)22-15/h3-8H,19H2,1-2H3,(H,21,25)(H,24,26)(H,20,22,23). The summed E-state index contributed by atoms with van der Waals surface area (Å²) in [5, 5.41) is 14.4. The Morgan fingerprint density at radius 1 is 1.19 bits per heavy atom. The van der Waals surface area contributed by atoms with E-state index < -0.39 is 0 Å². The highest BCUT2D eigenvalue weighted by atomic mass is 32.1. The molecule has 4 aromatic rings. The first-order valence-corrected chi connectivity index (χ1v) is 9.03. The Kier molecular flexibility index (Phi) is 4.21. The van der Waals surface area contributed by atoms with E-state index in [2.05, 4.69) is 30.8 Å². The van der Waals surface area contributed by atoms with Gasteiger partial charge in [-0.05, 0) is 37.6 Å². The molecule has 0 bridgehead atoms. The highest BCUT2D eigenvalue weighted by Gasteiger charge is 2.15. The number of hydrogen-bond donors (Lipinski definition) is 4. The summed E-state index contributed by atoms with van der Waals surface area (Å²) < 4.78 is 0. The SMILES string of the molecule is Cc1ccc2[nH]ncc2c1NC(=O)c1cnc(Nc2ccc(N)c(C)n2)s1. The number of nitrogens with one attached hydrogen (secondary N) is 3. The number of carbonyl (C=O) groups is 1. The van der Waals surface area contributed by atoms with Crippen LogP contribution in [0.1, 0.15) is 20.9 Å². The van der Waals surface area contributed by atoms with Crippen molar-refractivity contribution in [1.29, 1.82) is 0 Å². The molecule has 1 amide bonds. The van der Waals surface area contributed by atoms with Gasteiger partial charge in [-0.25, -0.2) is 9.97 Å². The van der Waals surface area contributed by atoms with Gasteiger partial charge in [0, 0.05) is 5.39 Å². The number of anilines is 4. The fraction of sp³-hybridized carbons (Fsp3) is 0.111. The van der Waals surface area contributed by atoms with Crippen LogP contribution in [0.2, 0.25) is 0 Å². The maximum absolute atomic E-state index is 12.7. The molecule has 136 valence electrons. The van der Waals surface area contributed by atoms with E-state index in [0.29, 0.717) is 21.5 Å². The molecule has 8 nitrogen and oxygen atoms in total. The van der Waals surface area contributed by atoms with Crippen LogP contribution in [0.4, 0.5) is 22.3 Å². The van der Waals surface area contributed by atoms with Crippen molar-refractivity contribution in [2.24, 2.45) is 0 Å². The number of aromatic nitrogens is 4. The van der Waals surface area contributed by atoms with Crippen LogP contribution in [0, 0.1) is 13.8 Å². The average Bonchev–Trinajstić information content (AvgIpc) is 3.30. The molecule has 0 fully saturated rings. The van der Waals surface area contributed by atoms with Gasteiger partial charge in [0.2, 0.25) is 0 Å². The second kappa shape index (κ2) is 6.69. The van der Waals surface area contributed by atoms with Crippen LogP contribution >= 0.6 is 11.3 Å². The Balaban J connectivity index is 1.54. The molecule has 0 saturated heterocycles. The van der Waals surface area contributed by atoms with Gasteiger partial charge in [0.15, 0.2) is 5.13 Å². The number of nitrogen functional groups attached to an aromatic ring is 1. The number of fused-ring (bicyclic) bond motifs is 1. The molecule has 5 N–H and O–H groups in total. The van der Waals surface area contributed by atoms with Crippen LogP contribution in [-0.2, 0) is 0 Å². The number of benzene rings is 1. The average molecular weight is 379 g/mol. The lowest BCUT2D eigenvalue weighted by Crippen LogP contribution is -2.11. The number of amides is 1. The predicted molar refractivity (Wildman–Crippen MR) is 108 cm³/mol. The number of H-pyrrole nitrogens is 1. The first kappa shape index (κ1) is 17.0. The van der Waals surface area contributed by atoms with Crippen LogP contribution < -0.4 is 16.4 Å². The molecule has 0 aliphatic heterocycles. The quantitative estimate of drug-likeness (QED) is 0.430. The van der Waals surface area contributed by atoms with Crippen molar-refractivity contribution < 1.29 is 4.79 Å². The number of carbonyl (C=O) groups excluding carboxylic acids is 1. The van der Waals surface area contributed by atoms with Crippen molar-refractivity contribution in [3.8, 4) is 0 Å². The minimum absolute atomic E-state index is 0.223. The molecule has 3 heterocycles. The molecule has 0 atom stereocenters. The number of pyridine rings is 1. The highest BCUT2D eigenvalue weighted by molar-refractivity contribution is 7.17. The van der Waals surface area contributed by atoms with Crippen LogP contribution in [0.25, 0.3) is 10.9 Å². The summed E-state index contributed by atoms with van der Waals surface area (Å²) in [6, 6.07) is 7.42. The third-order valence-corrected chi connectivity index (χ3v) is 5.07. The summed E-state index contributed by atoms with van der Waals surface area (Å²) in [6.45, 7) is 3.77. The number of nitrogens with two attached hydrogens (primary N) is 1. The van der Waals surface area contributed by atoms with E-state index in [9.17, 15) is 4.79 Å². The summed E-state index contributed by atoms with van der Waals surface area (Å²) in [7, 11) is 0. The molecule has 0 saturated carbocycles. The minimum Gasteiger partial charge on any atom is -0.397 e. The second-order valence-corrected chi connectivity index (χ2v) is 7.10. The Hall–Kier alpha value is -3.46. The van der Waals surface area contributed by atoms with Gasteiger partial charge in [0.05, 0.1) is 35.0 Å². The Morgan fingerprint density at radius 3 is 2.85 bits per heavy atom. The number of aryl methyl sites for hydroxylation is 2. The van der Waals surface area contributed by atoms with Gasteiger partial charge < -0.3 is 16.4 Å². The van der Waals surface area contributed by atoms with Crippen molar-refractivity contribution in [1.82, 2.24) is 20.2 Å². The molecule has 27 heavy (non-hydrogen) atoms. The van der Waals surface area contributed by atoms with E-state index in [1.165, 1.54) is 17.5 Å². The highest BCUT2D eigenvalue weighted by Crippen LogP contribution is 2.28. The van der Waals surface area contributed by atoms with Crippen molar-refractivity contribution in [3.05, 3.63) is 52.8 Å². The summed E-state index contributed by atoms with van der Waals surface area (Å²) >= 11 is 1.25. The number of aromatic amines is 1. The molecular formula is C18H17N7OS. The fourth-order valence-corrected chi connectivity index (χ4v) is 3.37. The molecule has 0 aliphatic carbocycles.